The van der Waals surface area contributed by atoms with Gasteiger partial charge in [-0.1, -0.05) is 41.6 Å². The van der Waals surface area contributed by atoms with E-state index in [-0.39, 0.29) is 23.9 Å². The number of anilines is 2. The SMILES string of the molecule is COc1cc(Cn2nnc3c(-c4ccccc4)nc(N)nc32)ccc1NS(=O)(=O)O. The summed E-state index contributed by atoms with van der Waals surface area (Å²) in [6.07, 6.45) is 0. The molecule has 154 valence electrons. The molecule has 0 bridgehead atoms. The predicted molar refractivity (Wildman–Crippen MR) is 110 cm³/mol. The van der Waals surface area contributed by atoms with Crippen LogP contribution in [0.1, 0.15) is 5.56 Å². The molecule has 0 amide bonds. The van der Waals surface area contributed by atoms with Crippen molar-refractivity contribution in [1.82, 2.24) is 25.0 Å². The van der Waals surface area contributed by atoms with Crippen LogP contribution in [0.4, 0.5) is 11.6 Å². The average Bonchev–Trinajstić information content (AvgIpc) is 3.10. The zero-order chi connectivity index (χ0) is 21.3. The second kappa shape index (κ2) is 7.57. The van der Waals surface area contributed by atoms with E-state index >= 15 is 0 Å². The Kier molecular flexibility index (Phi) is 4.93. The van der Waals surface area contributed by atoms with Crippen molar-refractivity contribution < 1.29 is 17.7 Å². The molecule has 0 fully saturated rings. The van der Waals surface area contributed by atoms with Crippen molar-refractivity contribution in [3.05, 3.63) is 54.1 Å². The van der Waals surface area contributed by atoms with Gasteiger partial charge in [-0.2, -0.15) is 13.4 Å². The second-order valence-corrected chi connectivity index (χ2v) is 7.48. The van der Waals surface area contributed by atoms with E-state index in [4.69, 9.17) is 15.0 Å². The normalized spacial score (nSPS) is 11.5. The van der Waals surface area contributed by atoms with Gasteiger partial charge in [0, 0.05) is 5.56 Å². The van der Waals surface area contributed by atoms with Crippen molar-refractivity contribution in [2.24, 2.45) is 0 Å². The number of nitrogens with two attached hydrogens (primary N) is 1. The third-order valence-corrected chi connectivity index (χ3v) is 4.74. The molecule has 4 aromatic rings. The van der Waals surface area contributed by atoms with Crippen LogP contribution >= 0.6 is 0 Å². The summed E-state index contributed by atoms with van der Waals surface area (Å²) in [5.41, 5.74) is 9.13. The molecule has 0 aliphatic carbocycles. The van der Waals surface area contributed by atoms with E-state index in [0.29, 0.717) is 16.9 Å². The predicted octanol–water partition coefficient (Wildman–Crippen LogP) is 1.74. The molecule has 0 aliphatic heterocycles. The van der Waals surface area contributed by atoms with Crippen molar-refractivity contribution in [3.8, 4) is 17.0 Å². The topological polar surface area (TPSA) is 158 Å². The minimum Gasteiger partial charge on any atom is -0.495 e. The molecule has 0 saturated heterocycles. The molecule has 0 radical (unpaired) electrons. The molecule has 0 aliphatic rings. The molecule has 0 atom stereocenters. The van der Waals surface area contributed by atoms with Gasteiger partial charge in [-0.15, -0.1) is 5.10 Å². The van der Waals surface area contributed by atoms with Gasteiger partial charge in [0.2, 0.25) is 5.95 Å². The molecular formula is C18H17N7O4S. The molecule has 0 saturated carbocycles. The average molecular weight is 427 g/mol. The lowest BCUT2D eigenvalue weighted by Crippen LogP contribution is -2.11. The van der Waals surface area contributed by atoms with Gasteiger partial charge < -0.3 is 10.5 Å². The van der Waals surface area contributed by atoms with Crippen molar-refractivity contribution >= 4 is 33.1 Å². The summed E-state index contributed by atoms with van der Waals surface area (Å²) in [4.78, 5) is 8.58. The van der Waals surface area contributed by atoms with Crippen LogP contribution in [-0.4, -0.2) is 45.0 Å². The summed E-state index contributed by atoms with van der Waals surface area (Å²) in [5.74, 6) is 0.323. The minimum atomic E-state index is -4.43. The Hall–Kier alpha value is -3.77. The van der Waals surface area contributed by atoms with Crippen LogP contribution in [-0.2, 0) is 16.8 Å². The van der Waals surface area contributed by atoms with Gasteiger partial charge in [-0.3, -0.25) is 9.27 Å². The lowest BCUT2D eigenvalue weighted by atomic mass is 10.1. The zero-order valence-electron chi connectivity index (χ0n) is 15.7. The molecule has 12 heteroatoms. The van der Waals surface area contributed by atoms with E-state index in [9.17, 15) is 8.42 Å². The van der Waals surface area contributed by atoms with Crippen LogP contribution < -0.4 is 15.2 Å². The van der Waals surface area contributed by atoms with Crippen molar-refractivity contribution in [2.75, 3.05) is 17.6 Å². The molecule has 2 aromatic carbocycles. The quantitative estimate of drug-likeness (QED) is 0.390. The summed E-state index contributed by atoms with van der Waals surface area (Å²) in [5, 5.41) is 8.39. The molecule has 2 heterocycles. The Bertz CT molecular complexity index is 1320. The highest BCUT2D eigenvalue weighted by Crippen LogP contribution is 2.28. The molecule has 30 heavy (non-hydrogen) atoms. The van der Waals surface area contributed by atoms with Crippen molar-refractivity contribution in [1.29, 1.82) is 0 Å². The smallest absolute Gasteiger partial charge is 0.357 e. The van der Waals surface area contributed by atoms with Crippen LogP contribution in [0.25, 0.3) is 22.4 Å². The van der Waals surface area contributed by atoms with E-state index in [1.807, 2.05) is 35.1 Å². The molecule has 4 N–H and O–H groups in total. The number of nitrogens with zero attached hydrogens (tertiary/aromatic N) is 5. The third kappa shape index (κ3) is 3.99. The van der Waals surface area contributed by atoms with E-state index in [2.05, 4.69) is 20.3 Å². The number of benzene rings is 2. The van der Waals surface area contributed by atoms with Crippen LogP contribution in [0.2, 0.25) is 0 Å². The monoisotopic (exact) mass is 427 g/mol. The lowest BCUT2D eigenvalue weighted by Gasteiger charge is -2.11. The van der Waals surface area contributed by atoms with Gasteiger partial charge in [0.25, 0.3) is 0 Å². The molecular weight excluding hydrogens is 410 g/mol. The van der Waals surface area contributed by atoms with Gasteiger partial charge in [-0.05, 0) is 17.7 Å². The van der Waals surface area contributed by atoms with Crippen LogP contribution in [0.5, 0.6) is 5.75 Å². The third-order valence-electron chi connectivity index (χ3n) is 4.26. The summed E-state index contributed by atoms with van der Waals surface area (Å²) in [6, 6.07) is 14.2. The van der Waals surface area contributed by atoms with E-state index in [1.54, 1.807) is 16.8 Å². The number of methoxy groups -OCH3 is 1. The highest BCUT2D eigenvalue weighted by atomic mass is 32.2. The summed E-state index contributed by atoms with van der Waals surface area (Å²) in [7, 11) is -3.04. The Morgan fingerprint density at radius 2 is 1.93 bits per heavy atom. The highest BCUT2D eigenvalue weighted by molar-refractivity contribution is 7.87. The standard InChI is InChI=1S/C18H17N7O4S/c1-29-14-9-11(7-8-13(14)23-30(26,27)28)10-25-17-16(22-24-25)15(20-18(19)21-17)12-5-3-2-4-6-12/h2-9,23H,10H2,1H3,(H2,19,20,21)(H,26,27,28). The number of hydrogen-bond donors (Lipinski definition) is 3. The minimum absolute atomic E-state index is 0.0928. The molecule has 0 unspecified atom stereocenters. The number of aromatic nitrogens is 5. The Balaban J connectivity index is 1.72. The number of rotatable bonds is 6. The molecule has 2 aromatic heterocycles. The maximum absolute atomic E-state index is 11.1. The van der Waals surface area contributed by atoms with Gasteiger partial charge in [0.15, 0.2) is 11.2 Å². The maximum atomic E-state index is 11.1. The van der Waals surface area contributed by atoms with Gasteiger partial charge in [0.1, 0.15) is 11.4 Å². The van der Waals surface area contributed by atoms with Crippen molar-refractivity contribution in [3.63, 3.8) is 0 Å². The van der Waals surface area contributed by atoms with Crippen LogP contribution in [0.3, 0.4) is 0 Å². The van der Waals surface area contributed by atoms with Gasteiger partial charge in [-0.25, -0.2) is 9.67 Å². The largest absolute Gasteiger partial charge is 0.495 e. The zero-order valence-corrected chi connectivity index (χ0v) is 16.5. The molecule has 11 nitrogen and oxygen atoms in total. The first-order valence-electron chi connectivity index (χ1n) is 8.68. The summed E-state index contributed by atoms with van der Waals surface area (Å²) in [6.45, 7) is 0.268. The summed E-state index contributed by atoms with van der Waals surface area (Å²) < 4.78 is 39.9. The number of nitrogens with one attached hydrogen (secondary N) is 1. The van der Waals surface area contributed by atoms with Gasteiger partial charge >= 0.3 is 10.3 Å². The van der Waals surface area contributed by atoms with Crippen LogP contribution in [0, 0.1) is 0 Å². The number of ether oxygens (including phenoxy) is 1. The molecule has 0 spiro atoms. The Morgan fingerprint density at radius 3 is 2.63 bits per heavy atom. The first-order chi connectivity index (χ1) is 14.3. The van der Waals surface area contributed by atoms with Crippen molar-refractivity contribution in [2.45, 2.75) is 6.54 Å². The fourth-order valence-electron chi connectivity index (χ4n) is 3.01. The highest BCUT2D eigenvalue weighted by Gasteiger charge is 2.16. The first-order valence-corrected chi connectivity index (χ1v) is 10.1. The fourth-order valence-corrected chi connectivity index (χ4v) is 3.45. The number of fused-ring (bicyclic) bond motifs is 1. The van der Waals surface area contributed by atoms with E-state index in [0.717, 1.165) is 11.1 Å². The van der Waals surface area contributed by atoms with E-state index < -0.39 is 10.3 Å². The molecule has 4 rings (SSSR count). The first kappa shape index (κ1) is 19.5. The lowest BCUT2D eigenvalue weighted by molar-refractivity contribution is 0.415. The Labute approximate surface area is 171 Å². The van der Waals surface area contributed by atoms with Crippen LogP contribution in [0.15, 0.2) is 48.5 Å². The summed E-state index contributed by atoms with van der Waals surface area (Å²) >= 11 is 0. The number of hydrogen-bond acceptors (Lipinski definition) is 8. The Morgan fingerprint density at radius 1 is 1.17 bits per heavy atom. The van der Waals surface area contributed by atoms with Gasteiger partial charge in [0.05, 0.1) is 19.3 Å². The maximum Gasteiger partial charge on any atom is 0.357 e. The van der Waals surface area contributed by atoms with E-state index in [1.165, 1.54) is 13.2 Å². The second-order valence-electron chi connectivity index (χ2n) is 6.33. The number of nitrogen functional groups attached to an aromatic ring is 1. The fraction of sp³-hybridized carbons (Fsp3) is 0.111.